The number of hydrogen-bond donors (Lipinski definition) is 3. The highest BCUT2D eigenvalue weighted by Gasteiger charge is 2.32. The minimum absolute atomic E-state index is 0.0161. The lowest BCUT2D eigenvalue weighted by Gasteiger charge is -2.09. The number of anilines is 1. The number of alkyl halides is 3. The first-order valence-corrected chi connectivity index (χ1v) is 8.22. The van der Waals surface area contributed by atoms with E-state index in [0.717, 1.165) is 18.9 Å². The molecule has 1 aromatic carbocycles. The molecule has 1 aliphatic carbocycles. The van der Waals surface area contributed by atoms with Crippen molar-refractivity contribution in [1.29, 1.82) is 0 Å². The van der Waals surface area contributed by atoms with Gasteiger partial charge in [-0.1, -0.05) is 12.1 Å². The monoisotopic (exact) mass is 379 g/mol. The Balaban J connectivity index is 1.58. The third kappa shape index (κ3) is 4.75. The predicted octanol–water partition coefficient (Wildman–Crippen LogP) is 2.67. The van der Waals surface area contributed by atoms with E-state index in [2.05, 4.69) is 10.6 Å². The second kappa shape index (κ2) is 7.26. The van der Waals surface area contributed by atoms with Crippen molar-refractivity contribution in [3.8, 4) is 0 Å². The summed E-state index contributed by atoms with van der Waals surface area (Å²) in [6.07, 6.45) is -2.89. The summed E-state index contributed by atoms with van der Waals surface area (Å²) in [6.45, 7) is 0.0795. The van der Waals surface area contributed by atoms with E-state index in [-0.39, 0.29) is 18.4 Å². The van der Waals surface area contributed by atoms with Crippen molar-refractivity contribution in [3.63, 3.8) is 0 Å². The van der Waals surface area contributed by atoms with Crippen molar-refractivity contribution in [3.05, 3.63) is 63.6 Å². The molecule has 142 valence electrons. The maximum Gasteiger partial charge on any atom is 0.431 e. The minimum Gasteiger partial charge on any atom is -0.348 e. The molecule has 3 N–H and O–H groups in total. The van der Waals surface area contributed by atoms with Crippen molar-refractivity contribution in [2.45, 2.75) is 25.6 Å². The number of carbonyl (C=O) groups excluding carboxylic acids is 2. The molecule has 27 heavy (non-hydrogen) atoms. The van der Waals surface area contributed by atoms with Crippen LogP contribution in [-0.2, 0) is 17.5 Å². The van der Waals surface area contributed by atoms with Gasteiger partial charge in [0, 0.05) is 18.2 Å². The van der Waals surface area contributed by atoms with Gasteiger partial charge in [0.05, 0.1) is 0 Å². The minimum atomic E-state index is -4.69. The summed E-state index contributed by atoms with van der Waals surface area (Å²) in [5.41, 5.74) is -1.39. The highest BCUT2D eigenvalue weighted by atomic mass is 19.4. The van der Waals surface area contributed by atoms with Crippen LogP contribution in [0.3, 0.4) is 0 Å². The first-order valence-electron chi connectivity index (χ1n) is 8.22. The lowest BCUT2D eigenvalue weighted by molar-refractivity contribution is -0.141. The first-order chi connectivity index (χ1) is 12.7. The molecule has 2 amide bonds. The summed E-state index contributed by atoms with van der Waals surface area (Å²) in [5.74, 6) is -0.709. The maximum atomic E-state index is 12.5. The van der Waals surface area contributed by atoms with Crippen LogP contribution >= 0.6 is 0 Å². The zero-order valence-electron chi connectivity index (χ0n) is 14.0. The summed E-state index contributed by atoms with van der Waals surface area (Å²) in [4.78, 5) is 37.0. The van der Waals surface area contributed by atoms with Crippen LogP contribution in [-0.4, -0.2) is 16.8 Å². The summed E-state index contributed by atoms with van der Waals surface area (Å²) in [5, 5.41) is 5.26. The third-order valence-electron chi connectivity index (χ3n) is 4.08. The van der Waals surface area contributed by atoms with Gasteiger partial charge >= 0.3 is 6.18 Å². The van der Waals surface area contributed by atoms with Gasteiger partial charge in [-0.2, -0.15) is 13.2 Å². The molecule has 0 spiro atoms. The van der Waals surface area contributed by atoms with Gasteiger partial charge in [0.1, 0.15) is 11.3 Å². The molecular weight excluding hydrogens is 363 g/mol. The second-order valence-corrected chi connectivity index (χ2v) is 6.26. The van der Waals surface area contributed by atoms with Gasteiger partial charge in [0.25, 0.3) is 11.5 Å². The molecule has 0 atom stereocenters. The van der Waals surface area contributed by atoms with Crippen LogP contribution in [0.1, 0.15) is 34.5 Å². The molecular formula is C18H16F3N3O3. The van der Waals surface area contributed by atoms with Gasteiger partial charge in [-0.25, -0.2) is 0 Å². The average molecular weight is 379 g/mol. The number of nitrogens with one attached hydrogen (secondary N) is 3. The number of carbonyl (C=O) groups is 2. The molecule has 1 saturated carbocycles. The number of amides is 2. The number of halogens is 3. The van der Waals surface area contributed by atoms with E-state index >= 15 is 0 Å². The fraction of sp³-hybridized carbons (Fsp3) is 0.278. The van der Waals surface area contributed by atoms with E-state index in [9.17, 15) is 27.6 Å². The zero-order chi connectivity index (χ0) is 19.6. The van der Waals surface area contributed by atoms with Gasteiger partial charge in [-0.15, -0.1) is 0 Å². The molecule has 1 fully saturated rings. The highest BCUT2D eigenvalue weighted by Crippen LogP contribution is 2.30. The van der Waals surface area contributed by atoms with E-state index in [4.69, 9.17) is 0 Å². The van der Waals surface area contributed by atoms with Crippen LogP contribution in [0.25, 0.3) is 0 Å². The van der Waals surface area contributed by atoms with E-state index in [1.165, 1.54) is 0 Å². The Kier molecular flexibility index (Phi) is 5.02. The van der Waals surface area contributed by atoms with Gasteiger partial charge in [-0.3, -0.25) is 14.4 Å². The Morgan fingerprint density at radius 2 is 1.74 bits per heavy atom. The molecule has 9 heteroatoms. The molecule has 2 aromatic rings. The zero-order valence-corrected chi connectivity index (χ0v) is 14.0. The SMILES string of the molecule is O=C(NCc1ccc(NC(=O)C2CC2)cc1)c1ccc(C(F)(F)F)[nH]c1=O. The lowest BCUT2D eigenvalue weighted by Crippen LogP contribution is -2.30. The second-order valence-electron chi connectivity index (χ2n) is 6.26. The standard InChI is InChI=1S/C18H16F3N3O3/c19-18(20,21)14-8-7-13(17(27)24-14)16(26)22-9-10-1-5-12(6-2-10)23-15(25)11-3-4-11/h1-2,5-8,11H,3-4,9H2,(H,22,26)(H,23,25)(H,24,27). The number of rotatable bonds is 5. The number of pyridine rings is 1. The van der Waals surface area contributed by atoms with Crippen LogP contribution in [0.15, 0.2) is 41.2 Å². The lowest BCUT2D eigenvalue weighted by atomic mass is 10.2. The molecule has 0 aliphatic heterocycles. The third-order valence-corrected chi connectivity index (χ3v) is 4.08. The normalized spacial score (nSPS) is 13.9. The largest absolute Gasteiger partial charge is 0.431 e. The molecule has 0 saturated heterocycles. The van der Waals surface area contributed by atoms with Gasteiger partial charge in [-0.05, 0) is 42.7 Å². The quantitative estimate of drug-likeness (QED) is 0.746. The van der Waals surface area contributed by atoms with Crippen molar-refractivity contribution in [2.75, 3.05) is 5.32 Å². The predicted molar refractivity (Wildman–Crippen MR) is 91.0 cm³/mol. The summed E-state index contributed by atoms with van der Waals surface area (Å²) < 4.78 is 37.6. The van der Waals surface area contributed by atoms with Gasteiger partial charge < -0.3 is 15.6 Å². The first kappa shape index (κ1) is 18.7. The molecule has 1 aliphatic rings. The van der Waals surface area contributed by atoms with Crippen LogP contribution in [0.4, 0.5) is 18.9 Å². The molecule has 0 bridgehead atoms. The van der Waals surface area contributed by atoms with Crippen LogP contribution in [0.5, 0.6) is 0 Å². The van der Waals surface area contributed by atoms with Gasteiger partial charge in [0.2, 0.25) is 5.91 Å². The smallest absolute Gasteiger partial charge is 0.348 e. The topological polar surface area (TPSA) is 91.1 Å². The number of aromatic amines is 1. The maximum absolute atomic E-state index is 12.5. The molecule has 1 aromatic heterocycles. The van der Waals surface area contributed by atoms with Crippen molar-refractivity contribution in [1.82, 2.24) is 10.3 Å². The van der Waals surface area contributed by atoms with Crippen LogP contribution < -0.4 is 16.2 Å². The highest BCUT2D eigenvalue weighted by molar-refractivity contribution is 5.94. The van der Waals surface area contributed by atoms with Gasteiger partial charge in [0.15, 0.2) is 0 Å². The number of H-pyrrole nitrogens is 1. The van der Waals surface area contributed by atoms with Crippen LogP contribution in [0, 0.1) is 5.92 Å². The van der Waals surface area contributed by atoms with E-state index < -0.39 is 28.9 Å². The summed E-state index contributed by atoms with van der Waals surface area (Å²) >= 11 is 0. The van der Waals surface area contributed by atoms with Crippen molar-refractivity contribution < 1.29 is 22.8 Å². The Morgan fingerprint density at radius 3 is 2.30 bits per heavy atom. The number of aromatic nitrogens is 1. The number of benzene rings is 1. The molecule has 3 rings (SSSR count). The Morgan fingerprint density at radius 1 is 1.07 bits per heavy atom. The molecule has 1 heterocycles. The Bertz CT molecular complexity index is 916. The fourth-order valence-electron chi connectivity index (χ4n) is 2.39. The van der Waals surface area contributed by atoms with E-state index in [1.807, 2.05) is 0 Å². The summed E-state index contributed by atoms with van der Waals surface area (Å²) in [6, 6.07) is 8.25. The Labute approximate surface area is 151 Å². The van der Waals surface area contributed by atoms with E-state index in [1.54, 1.807) is 29.2 Å². The summed E-state index contributed by atoms with van der Waals surface area (Å²) in [7, 11) is 0. The molecule has 0 unspecified atom stereocenters. The van der Waals surface area contributed by atoms with Crippen molar-refractivity contribution >= 4 is 17.5 Å². The molecule has 0 radical (unpaired) electrons. The number of hydrogen-bond acceptors (Lipinski definition) is 3. The fourth-order valence-corrected chi connectivity index (χ4v) is 2.39. The van der Waals surface area contributed by atoms with Crippen LogP contribution in [0.2, 0.25) is 0 Å². The van der Waals surface area contributed by atoms with Crippen molar-refractivity contribution in [2.24, 2.45) is 5.92 Å². The van der Waals surface area contributed by atoms with E-state index in [0.29, 0.717) is 17.3 Å². The Hall–Kier alpha value is -3.10. The molecule has 6 nitrogen and oxygen atoms in total. The average Bonchev–Trinajstić information content (AvgIpc) is 3.45.